The lowest BCUT2D eigenvalue weighted by molar-refractivity contribution is -0.137. The molecule has 27 heavy (non-hydrogen) atoms. The van der Waals surface area contributed by atoms with Crippen molar-refractivity contribution >= 4 is 0 Å². The largest absolute Gasteiger partial charge is 0.496 e. The molecule has 0 radical (unpaired) electrons. The molecule has 2 aliphatic rings. The van der Waals surface area contributed by atoms with Gasteiger partial charge in [-0.15, -0.1) is 0 Å². The standard InChI is InChI=1S/C20H25F3N2O2/c1-19(2,26)8-9-25-12-24-16-10-13(4-7-17(16)25)15-6-5-14(20(21,22)23)11-18(15)27-3/h5-7,10-11,13,24,26H,4,8-9,12H2,1-3H3. The Hall–Kier alpha value is -2.15. The summed E-state index contributed by atoms with van der Waals surface area (Å²) >= 11 is 0. The van der Waals surface area contributed by atoms with Gasteiger partial charge in [-0.2, -0.15) is 13.2 Å². The van der Waals surface area contributed by atoms with E-state index < -0.39 is 17.3 Å². The Labute approximate surface area is 157 Å². The van der Waals surface area contributed by atoms with E-state index in [4.69, 9.17) is 4.74 Å². The molecule has 2 N–H and O–H groups in total. The molecule has 0 saturated carbocycles. The third kappa shape index (κ3) is 4.40. The number of alkyl halides is 3. The molecule has 1 aromatic carbocycles. The highest BCUT2D eigenvalue weighted by Crippen LogP contribution is 2.40. The molecule has 1 fully saturated rings. The molecule has 1 aliphatic heterocycles. The summed E-state index contributed by atoms with van der Waals surface area (Å²) in [6, 6.07) is 3.67. The second-order valence-corrected chi connectivity index (χ2v) is 7.63. The first-order chi connectivity index (χ1) is 12.6. The van der Waals surface area contributed by atoms with E-state index in [-0.39, 0.29) is 11.7 Å². The molecule has 1 unspecified atom stereocenters. The summed E-state index contributed by atoms with van der Waals surface area (Å²) in [4.78, 5) is 2.17. The van der Waals surface area contributed by atoms with Gasteiger partial charge in [-0.05, 0) is 38.8 Å². The van der Waals surface area contributed by atoms with Gasteiger partial charge in [0.25, 0.3) is 0 Å². The van der Waals surface area contributed by atoms with E-state index in [9.17, 15) is 18.3 Å². The molecular formula is C20H25F3N2O2. The van der Waals surface area contributed by atoms with Crippen molar-refractivity contribution in [1.82, 2.24) is 10.2 Å². The number of aliphatic hydroxyl groups is 1. The number of rotatable bonds is 5. The van der Waals surface area contributed by atoms with Crippen LogP contribution in [-0.2, 0) is 6.18 Å². The fraction of sp³-hybridized carbons (Fsp3) is 0.500. The van der Waals surface area contributed by atoms with Crippen molar-refractivity contribution < 1.29 is 23.0 Å². The van der Waals surface area contributed by atoms with Gasteiger partial charge in [-0.3, -0.25) is 0 Å². The fourth-order valence-corrected chi connectivity index (χ4v) is 3.44. The third-order valence-electron chi connectivity index (χ3n) is 4.96. The minimum atomic E-state index is -4.39. The van der Waals surface area contributed by atoms with Crippen LogP contribution in [0.25, 0.3) is 0 Å². The van der Waals surface area contributed by atoms with Crippen LogP contribution in [-0.4, -0.2) is 35.9 Å². The highest BCUT2D eigenvalue weighted by Gasteiger charge is 2.33. The zero-order valence-corrected chi connectivity index (χ0v) is 15.7. The maximum absolute atomic E-state index is 12.9. The number of methoxy groups -OCH3 is 1. The van der Waals surface area contributed by atoms with E-state index >= 15 is 0 Å². The quantitative estimate of drug-likeness (QED) is 0.808. The maximum atomic E-state index is 12.9. The zero-order chi connectivity index (χ0) is 19.8. The Morgan fingerprint density at radius 1 is 1.30 bits per heavy atom. The molecule has 1 heterocycles. The molecule has 4 nitrogen and oxygen atoms in total. The summed E-state index contributed by atoms with van der Waals surface area (Å²) < 4.78 is 44.1. The van der Waals surface area contributed by atoms with Crippen LogP contribution in [0.2, 0.25) is 0 Å². The van der Waals surface area contributed by atoms with Crippen LogP contribution in [0.15, 0.2) is 41.7 Å². The molecule has 3 rings (SSSR count). The topological polar surface area (TPSA) is 44.7 Å². The first kappa shape index (κ1) is 19.6. The van der Waals surface area contributed by atoms with Gasteiger partial charge >= 0.3 is 6.18 Å². The number of allylic oxidation sites excluding steroid dienone is 2. The molecule has 0 bridgehead atoms. The van der Waals surface area contributed by atoms with Crippen LogP contribution < -0.4 is 10.1 Å². The molecule has 1 aliphatic carbocycles. The fourth-order valence-electron chi connectivity index (χ4n) is 3.44. The Kier molecular flexibility index (Phi) is 5.16. The van der Waals surface area contributed by atoms with Crippen molar-refractivity contribution in [1.29, 1.82) is 0 Å². The number of benzene rings is 1. The Morgan fingerprint density at radius 2 is 2.04 bits per heavy atom. The van der Waals surface area contributed by atoms with Gasteiger partial charge in [-0.1, -0.05) is 18.2 Å². The third-order valence-corrected chi connectivity index (χ3v) is 4.96. The van der Waals surface area contributed by atoms with Crippen molar-refractivity contribution in [2.24, 2.45) is 0 Å². The normalized spacial score (nSPS) is 20.0. The number of nitrogens with zero attached hydrogens (tertiary/aromatic N) is 1. The number of nitrogens with one attached hydrogen (secondary N) is 1. The highest BCUT2D eigenvalue weighted by molar-refractivity contribution is 5.47. The molecular weight excluding hydrogens is 357 g/mol. The first-order valence-electron chi connectivity index (χ1n) is 8.97. The Balaban J connectivity index is 1.78. The van der Waals surface area contributed by atoms with Crippen molar-refractivity contribution in [2.45, 2.75) is 44.4 Å². The van der Waals surface area contributed by atoms with Gasteiger partial charge in [0.1, 0.15) is 5.75 Å². The van der Waals surface area contributed by atoms with E-state index in [2.05, 4.69) is 16.3 Å². The van der Waals surface area contributed by atoms with Gasteiger partial charge in [-0.25, -0.2) is 0 Å². The predicted octanol–water partition coefficient (Wildman–Crippen LogP) is 3.99. The monoisotopic (exact) mass is 382 g/mol. The van der Waals surface area contributed by atoms with Gasteiger partial charge in [0, 0.05) is 18.0 Å². The second-order valence-electron chi connectivity index (χ2n) is 7.63. The van der Waals surface area contributed by atoms with Crippen molar-refractivity contribution in [3.05, 3.63) is 52.9 Å². The molecule has 0 amide bonds. The summed E-state index contributed by atoms with van der Waals surface area (Å²) in [7, 11) is 1.39. The maximum Gasteiger partial charge on any atom is 0.416 e. The summed E-state index contributed by atoms with van der Waals surface area (Å²) in [6.45, 7) is 4.96. The van der Waals surface area contributed by atoms with Gasteiger partial charge < -0.3 is 20.1 Å². The lowest BCUT2D eigenvalue weighted by Crippen LogP contribution is -2.29. The zero-order valence-electron chi connectivity index (χ0n) is 15.7. The van der Waals surface area contributed by atoms with Gasteiger partial charge in [0.05, 0.1) is 36.3 Å². The molecule has 148 valence electrons. The summed E-state index contributed by atoms with van der Waals surface area (Å²) in [5, 5.41) is 13.3. The van der Waals surface area contributed by atoms with Gasteiger partial charge in [0.2, 0.25) is 0 Å². The molecule has 1 aromatic rings. The first-order valence-corrected chi connectivity index (χ1v) is 8.97. The highest BCUT2D eigenvalue weighted by atomic mass is 19.4. The Morgan fingerprint density at radius 3 is 2.67 bits per heavy atom. The summed E-state index contributed by atoms with van der Waals surface area (Å²) in [5.74, 6) is 0.197. The number of halogens is 3. The number of fused-ring (bicyclic) bond motifs is 1. The van der Waals surface area contributed by atoms with E-state index in [1.165, 1.54) is 13.2 Å². The molecule has 0 spiro atoms. The number of ether oxygens (including phenoxy) is 1. The predicted molar refractivity (Wildman–Crippen MR) is 97.1 cm³/mol. The van der Waals surface area contributed by atoms with Crippen LogP contribution in [0.3, 0.4) is 0 Å². The summed E-state index contributed by atoms with van der Waals surface area (Å²) in [5.41, 5.74) is 1.37. The van der Waals surface area contributed by atoms with Crippen molar-refractivity contribution in [3.63, 3.8) is 0 Å². The van der Waals surface area contributed by atoms with Crippen LogP contribution in [0.5, 0.6) is 5.75 Å². The van der Waals surface area contributed by atoms with E-state index in [1.807, 2.05) is 6.08 Å². The van der Waals surface area contributed by atoms with E-state index in [1.54, 1.807) is 13.8 Å². The lowest BCUT2D eigenvalue weighted by Gasteiger charge is -2.26. The molecule has 1 saturated heterocycles. The lowest BCUT2D eigenvalue weighted by atomic mass is 9.89. The Bertz CT molecular complexity index is 763. The van der Waals surface area contributed by atoms with Crippen LogP contribution in [0.1, 0.15) is 43.7 Å². The minimum absolute atomic E-state index is 0.0530. The van der Waals surface area contributed by atoms with E-state index in [0.717, 1.165) is 35.6 Å². The molecule has 0 aromatic heterocycles. The number of hydrogen-bond donors (Lipinski definition) is 2. The van der Waals surface area contributed by atoms with Crippen LogP contribution in [0.4, 0.5) is 13.2 Å². The van der Waals surface area contributed by atoms with Crippen LogP contribution in [0, 0.1) is 0 Å². The van der Waals surface area contributed by atoms with Gasteiger partial charge in [0.15, 0.2) is 0 Å². The number of hydrogen-bond acceptors (Lipinski definition) is 4. The SMILES string of the molecule is COc1cc(C(F)(F)F)ccc1C1C=C2NCN(CCC(C)(C)O)C2=CC1. The van der Waals surface area contributed by atoms with Crippen molar-refractivity contribution in [2.75, 3.05) is 20.3 Å². The second kappa shape index (κ2) is 7.11. The molecule has 1 atom stereocenters. The summed E-state index contributed by atoms with van der Waals surface area (Å²) in [6.07, 6.45) is 1.08. The average molecular weight is 382 g/mol. The average Bonchev–Trinajstić information content (AvgIpc) is 3.00. The minimum Gasteiger partial charge on any atom is -0.496 e. The van der Waals surface area contributed by atoms with Crippen molar-refractivity contribution in [3.8, 4) is 5.75 Å². The molecule has 7 heteroatoms. The van der Waals surface area contributed by atoms with Crippen LogP contribution >= 0.6 is 0 Å². The van der Waals surface area contributed by atoms with E-state index in [0.29, 0.717) is 19.5 Å². The smallest absolute Gasteiger partial charge is 0.416 e.